The molecule has 0 unspecified atom stereocenters. The molecule has 1 amide bonds. The summed E-state index contributed by atoms with van der Waals surface area (Å²) in [6.45, 7) is 0.312. The summed E-state index contributed by atoms with van der Waals surface area (Å²) in [4.78, 5) is 28.9. The molecule has 2 aromatic heterocycles. The normalized spacial score (nSPS) is 10.7. The number of hydrogen-bond donors (Lipinski definition) is 1. The molecule has 0 aliphatic heterocycles. The fraction of sp³-hybridized carbons (Fsp3) is 0.130. The average molecular weight is 435 g/mol. The van der Waals surface area contributed by atoms with E-state index in [-0.39, 0.29) is 17.9 Å². The van der Waals surface area contributed by atoms with Crippen LogP contribution in [0.4, 0.5) is 5.69 Å². The van der Waals surface area contributed by atoms with Crippen LogP contribution in [0.25, 0.3) is 11.4 Å². The summed E-state index contributed by atoms with van der Waals surface area (Å²) in [7, 11) is 0. The average Bonchev–Trinajstić information content (AvgIpc) is 3.26. The zero-order chi connectivity index (χ0) is 21.6. The zero-order valence-corrected chi connectivity index (χ0v) is 17.2. The maximum Gasteiger partial charge on any atom is 0.250 e. The summed E-state index contributed by atoms with van der Waals surface area (Å²) in [6.07, 6.45) is 2.08. The molecule has 31 heavy (non-hydrogen) atoms. The first-order valence-corrected chi connectivity index (χ1v) is 10.1. The summed E-state index contributed by atoms with van der Waals surface area (Å²) >= 11 is 6.19. The molecule has 1 N–H and O–H groups in total. The van der Waals surface area contributed by atoms with Crippen LogP contribution in [-0.2, 0) is 17.8 Å². The van der Waals surface area contributed by atoms with E-state index in [1.807, 2.05) is 48.5 Å². The van der Waals surface area contributed by atoms with E-state index < -0.39 is 0 Å². The van der Waals surface area contributed by atoms with Gasteiger partial charge < -0.3 is 14.4 Å². The Labute approximate surface area is 183 Å². The molecule has 4 rings (SSSR count). The SMILES string of the molecule is O=C(CCc1nc(-c2ccccc2)no1)Nc1ccc(=O)n(Cc2ccccc2Cl)c1. The Hall–Kier alpha value is -3.71. The van der Waals surface area contributed by atoms with Crippen LogP contribution in [0.3, 0.4) is 0 Å². The van der Waals surface area contributed by atoms with Crippen LogP contribution in [0, 0.1) is 0 Å². The van der Waals surface area contributed by atoms with E-state index in [1.165, 1.54) is 10.6 Å². The molecule has 2 heterocycles. The number of aromatic nitrogens is 3. The van der Waals surface area contributed by atoms with Gasteiger partial charge in [-0.25, -0.2) is 0 Å². The van der Waals surface area contributed by atoms with Crippen molar-refractivity contribution >= 4 is 23.2 Å². The van der Waals surface area contributed by atoms with Gasteiger partial charge in [-0.1, -0.05) is 65.3 Å². The summed E-state index contributed by atoms with van der Waals surface area (Å²) < 4.78 is 6.73. The van der Waals surface area contributed by atoms with E-state index in [4.69, 9.17) is 16.1 Å². The number of nitrogens with one attached hydrogen (secondary N) is 1. The number of halogens is 1. The lowest BCUT2D eigenvalue weighted by Gasteiger charge is -2.10. The third-order valence-electron chi connectivity index (χ3n) is 4.63. The molecule has 156 valence electrons. The highest BCUT2D eigenvalue weighted by Gasteiger charge is 2.11. The molecule has 2 aromatic carbocycles. The predicted octanol–water partition coefficient (Wildman–Crippen LogP) is 4.17. The van der Waals surface area contributed by atoms with Crippen LogP contribution in [0.5, 0.6) is 0 Å². The molecule has 0 aliphatic rings. The standard InChI is InChI=1S/C23H19ClN4O3/c24-19-9-5-4-8-17(19)14-28-15-18(10-13-22(28)30)25-20(29)11-12-21-26-23(27-31-21)16-6-2-1-3-7-16/h1-10,13,15H,11-12,14H2,(H,25,29). The first-order valence-electron chi connectivity index (χ1n) is 9.70. The van der Waals surface area contributed by atoms with Gasteiger partial charge in [0.15, 0.2) is 0 Å². The summed E-state index contributed by atoms with van der Waals surface area (Å²) in [5.41, 5.74) is 2.01. The molecule has 0 aliphatic carbocycles. The van der Waals surface area contributed by atoms with Crippen molar-refractivity contribution < 1.29 is 9.32 Å². The van der Waals surface area contributed by atoms with Crippen molar-refractivity contribution in [2.24, 2.45) is 0 Å². The highest BCUT2D eigenvalue weighted by Crippen LogP contribution is 2.17. The van der Waals surface area contributed by atoms with Crippen molar-refractivity contribution in [1.29, 1.82) is 0 Å². The molecule has 0 bridgehead atoms. The van der Waals surface area contributed by atoms with E-state index in [0.29, 0.717) is 35.4 Å². The van der Waals surface area contributed by atoms with Crippen LogP contribution in [0.2, 0.25) is 5.02 Å². The van der Waals surface area contributed by atoms with Gasteiger partial charge in [0.05, 0.1) is 12.2 Å². The van der Waals surface area contributed by atoms with E-state index in [1.54, 1.807) is 18.3 Å². The van der Waals surface area contributed by atoms with Gasteiger partial charge in [0.25, 0.3) is 5.56 Å². The molecule has 0 atom stereocenters. The summed E-state index contributed by atoms with van der Waals surface area (Å²) in [5, 5.41) is 7.33. The minimum Gasteiger partial charge on any atom is -0.339 e. The molecular weight excluding hydrogens is 416 g/mol. The van der Waals surface area contributed by atoms with E-state index >= 15 is 0 Å². The van der Waals surface area contributed by atoms with E-state index in [2.05, 4.69) is 15.5 Å². The van der Waals surface area contributed by atoms with Gasteiger partial charge in [-0.15, -0.1) is 0 Å². The first-order chi connectivity index (χ1) is 15.1. The Bertz CT molecular complexity index is 1250. The Kier molecular flexibility index (Phi) is 6.24. The lowest BCUT2D eigenvalue weighted by atomic mass is 10.2. The van der Waals surface area contributed by atoms with Crippen molar-refractivity contribution in [2.45, 2.75) is 19.4 Å². The third-order valence-corrected chi connectivity index (χ3v) is 5.00. The van der Waals surface area contributed by atoms with Gasteiger partial charge in [-0.2, -0.15) is 4.98 Å². The van der Waals surface area contributed by atoms with Gasteiger partial charge >= 0.3 is 0 Å². The Balaban J connectivity index is 1.37. The molecule has 0 saturated heterocycles. The Morgan fingerprint density at radius 1 is 1.03 bits per heavy atom. The summed E-state index contributed by atoms with van der Waals surface area (Å²) in [5.74, 6) is 0.655. The van der Waals surface area contributed by atoms with Crippen molar-refractivity contribution in [2.75, 3.05) is 5.32 Å². The molecule has 0 saturated carbocycles. The lowest BCUT2D eigenvalue weighted by Crippen LogP contribution is -2.21. The molecular formula is C23H19ClN4O3. The number of carbonyl (C=O) groups excluding carboxylic acids is 1. The van der Waals surface area contributed by atoms with Crippen molar-refractivity contribution in [3.8, 4) is 11.4 Å². The first kappa shape index (κ1) is 20.6. The summed E-state index contributed by atoms with van der Waals surface area (Å²) in [6, 6.07) is 19.8. The number of amides is 1. The third kappa shape index (κ3) is 5.26. The highest BCUT2D eigenvalue weighted by atomic mass is 35.5. The van der Waals surface area contributed by atoms with Gasteiger partial charge in [-0.05, 0) is 17.7 Å². The Morgan fingerprint density at radius 3 is 2.61 bits per heavy atom. The molecule has 4 aromatic rings. The number of pyridine rings is 1. The minimum atomic E-state index is -0.220. The van der Waals surface area contributed by atoms with E-state index in [0.717, 1.165) is 11.1 Å². The minimum absolute atomic E-state index is 0.167. The van der Waals surface area contributed by atoms with Crippen molar-refractivity contribution in [3.63, 3.8) is 0 Å². The number of anilines is 1. The smallest absolute Gasteiger partial charge is 0.250 e. The fourth-order valence-electron chi connectivity index (χ4n) is 3.04. The molecule has 0 fully saturated rings. The largest absolute Gasteiger partial charge is 0.339 e. The van der Waals surface area contributed by atoms with Crippen molar-refractivity contribution in [3.05, 3.63) is 99.8 Å². The van der Waals surface area contributed by atoms with Gasteiger partial charge in [0, 0.05) is 35.7 Å². The second-order valence-corrected chi connectivity index (χ2v) is 7.31. The van der Waals surface area contributed by atoms with Crippen LogP contribution in [0.15, 0.2) is 82.2 Å². The monoisotopic (exact) mass is 434 g/mol. The number of aryl methyl sites for hydroxylation is 1. The predicted molar refractivity (Wildman–Crippen MR) is 118 cm³/mol. The van der Waals surface area contributed by atoms with Crippen LogP contribution < -0.4 is 10.9 Å². The number of carbonyl (C=O) groups is 1. The van der Waals surface area contributed by atoms with Gasteiger partial charge in [0.2, 0.25) is 17.6 Å². The number of benzene rings is 2. The zero-order valence-electron chi connectivity index (χ0n) is 16.5. The quantitative estimate of drug-likeness (QED) is 0.471. The maximum atomic E-state index is 12.4. The number of rotatable bonds is 7. The second-order valence-electron chi connectivity index (χ2n) is 6.90. The number of nitrogens with zero attached hydrogens (tertiary/aromatic N) is 3. The van der Waals surface area contributed by atoms with Gasteiger partial charge in [-0.3, -0.25) is 9.59 Å². The molecule has 7 nitrogen and oxygen atoms in total. The molecule has 0 radical (unpaired) electrons. The Morgan fingerprint density at radius 2 is 1.81 bits per heavy atom. The fourth-order valence-corrected chi connectivity index (χ4v) is 3.24. The molecule has 0 spiro atoms. The van der Waals surface area contributed by atoms with E-state index in [9.17, 15) is 9.59 Å². The maximum absolute atomic E-state index is 12.4. The lowest BCUT2D eigenvalue weighted by molar-refractivity contribution is -0.116. The highest BCUT2D eigenvalue weighted by molar-refractivity contribution is 6.31. The topological polar surface area (TPSA) is 90.0 Å². The molecule has 8 heteroatoms. The van der Waals surface area contributed by atoms with Gasteiger partial charge in [0.1, 0.15) is 0 Å². The van der Waals surface area contributed by atoms with Crippen LogP contribution in [0.1, 0.15) is 17.9 Å². The van der Waals surface area contributed by atoms with Crippen LogP contribution >= 0.6 is 11.6 Å². The van der Waals surface area contributed by atoms with Crippen molar-refractivity contribution in [1.82, 2.24) is 14.7 Å². The second kappa shape index (κ2) is 9.40. The van der Waals surface area contributed by atoms with Crippen LogP contribution in [-0.4, -0.2) is 20.6 Å². The number of hydrogen-bond acceptors (Lipinski definition) is 5.